The Kier molecular flexibility index (Phi) is 3.92. The molecule has 1 aromatic carbocycles. The summed E-state index contributed by atoms with van der Waals surface area (Å²) in [5.74, 6) is 0.266. The SMILES string of the molecule is C=C(NNC(=O)c1ccoc1C)c1ccccc1Cl. The molecule has 0 spiro atoms. The molecule has 0 radical (unpaired) electrons. The van der Waals surface area contributed by atoms with Crippen LogP contribution < -0.4 is 10.9 Å². The first kappa shape index (κ1) is 13.2. The van der Waals surface area contributed by atoms with Gasteiger partial charge in [-0.1, -0.05) is 36.4 Å². The molecule has 1 heterocycles. The van der Waals surface area contributed by atoms with Crippen LogP contribution in [0.3, 0.4) is 0 Å². The highest BCUT2D eigenvalue weighted by Gasteiger charge is 2.11. The fraction of sp³-hybridized carbons (Fsp3) is 0.0714. The van der Waals surface area contributed by atoms with Crippen LogP contribution in [-0.2, 0) is 0 Å². The number of aryl methyl sites for hydroxylation is 1. The first-order valence-corrected chi connectivity index (χ1v) is 6.01. The maximum absolute atomic E-state index is 11.8. The van der Waals surface area contributed by atoms with Crippen molar-refractivity contribution in [1.82, 2.24) is 10.9 Å². The summed E-state index contributed by atoms with van der Waals surface area (Å²) in [7, 11) is 0. The van der Waals surface area contributed by atoms with Crippen LogP contribution in [0.5, 0.6) is 0 Å². The van der Waals surface area contributed by atoms with Crippen molar-refractivity contribution in [3.8, 4) is 0 Å². The number of hydrogen-bond acceptors (Lipinski definition) is 3. The molecule has 0 atom stereocenters. The number of benzene rings is 1. The Balaban J connectivity index is 2.00. The second kappa shape index (κ2) is 5.63. The molecule has 0 saturated carbocycles. The van der Waals surface area contributed by atoms with Crippen molar-refractivity contribution < 1.29 is 9.21 Å². The van der Waals surface area contributed by atoms with E-state index in [0.717, 1.165) is 5.56 Å². The molecule has 0 unspecified atom stereocenters. The van der Waals surface area contributed by atoms with Crippen LogP contribution >= 0.6 is 11.6 Å². The molecule has 0 aliphatic carbocycles. The Bertz CT molecular complexity index is 619. The average molecular weight is 277 g/mol. The molecule has 2 N–H and O–H groups in total. The van der Waals surface area contributed by atoms with E-state index in [2.05, 4.69) is 17.4 Å². The topological polar surface area (TPSA) is 54.3 Å². The van der Waals surface area contributed by atoms with E-state index in [-0.39, 0.29) is 5.91 Å². The molecule has 4 nitrogen and oxygen atoms in total. The van der Waals surface area contributed by atoms with Gasteiger partial charge < -0.3 is 4.42 Å². The van der Waals surface area contributed by atoms with Gasteiger partial charge in [0.2, 0.25) is 0 Å². The van der Waals surface area contributed by atoms with Crippen LogP contribution in [-0.4, -0.2) is 5.91 Å². The summed E-state index contributed by atoms with van der Waals surface area (Å²) in [6.07, 6.45) is 1.47. The number of carbonyl (C=O) groups is 1. The van der Waals surface area contributed by atoms with Gasteiger partial charge in [0.25, 0.3) is 5.91 Å². The van der Waals surface area contributed by atoms with E-state index in [1.807, 2.05) is 18.2 Å². The maximum Gasteiger partial charge on any atom is 0.273 e. The zero-order valence-electron chi connectivity index (χ0n) is 10.4. The zero-order valence-corrected chi connectivity index (χ0v) is 11.1. The van der Waals surface area contributed by atoms with Gasteiger partial charge in [-0.3, -0.25) is 15.6 Å². The predicted octanol–water partition coefficient (Wildman–Crippen LogP) is 3.15. The molecule has 98 valence electrons. The number of nitrogens with one attached hydrogen (secondary N) is 2. The summed E-state index contributed by atoms with van der Waals surface area (Å²) in [6, 6.07) is 8.84. The third-order valence-corrected chi connectivity index (χ3v) is 2.96. The van der Waals surface area contributed by atoms with Gasteiger partial charge in [0.1, 0.15) is 5.76 Å². The lowest BCUT2D eigenvalue weighted by Gasteiger charge is -2.12. The maximum atomic E-state index is 11.8. The van der Waals surface area contributed by atoms with Crippen molar-refractivity contribution in [2.75, 3.05) is 0 Å². The number of hydrazine groups is 1. The molecule has 0 bridgehead atoms. The molecule has 0 fully saturated rings. The third-order valence-electron chi connectivity index (χ3n) is 2.63. The van der Waals surface area contributed by atoms with Gasteiger partial charge >= 0.3 is 0 Å². The lowest BCUT2D eigenvalue weighted by Crippen LogP contribution is -2.36. The normalized spacial score (nSPS) is 10.0. The Morgan fingerprint density at radius 3 is 2.58 bits per heavy atom. The second-order valence-corrected chi connectivity index (χ2v) is 4.34. The standard InChI is InChI=1S/C14H13ClN2O2/c1-9(11-5-3-4-6-13(11)15)16-17-14(18)12-7-8-19-10(12)2/h3-8,16H,1H2,2H3,(H,17,18). The molecular formula is C14H13ClN2O2. The van der Waals surface area contributed by atoms with Gasteiger partial charge in [0.05, 0.1) is 17.5 Å². The summed E-state index contributed by atoms with van der Waals surface area (Å²) in [4.78, 5) is 11.8. The molecule has 1 aromatic heterocycles. The van der Waals surface area contributed by atoms with E-state index >= 15 is 0 Å². The third kappa shape index (κ3) is 2.98. The van der Waals surface area contributed by atoms with Crippen molar-refractivity contribution in [3.05, 3.63) is 65.1 Å². The second-order valence-electron chi connectivity index (χ2n) is 3.93. The van der Waals surface area contributed by atoms with E-state index in [1.54, 1.807) is 19.1 Å². The number of amides is 1. The number of furan rings is 1. The van der Waals surface area contributed by atoms with E-state index in [9.17, 15) is 4.79 Å². The lowest BCUT2D eigenvalue weighted by atomic mass is 10.2. The Morgan fingerprint density at radius 2 is 1.95 bits per heavy atom. The fourth-order valence-corrected chi connectivity index (χ4v) is 1.84. The summed E-state index contributed by atoms with van der Waals surface area (Å²) in [5.41, 5.74) is 6.99. The highest BCUT2D eigenvalue weighted by molar-refractivity contribution is 6.32. The van der Waals surface area contributed by atoms with Crippen molar-refractivity contribution in [2.45, 2.75) is 6.92 Å². The van der Waals surface area contributed by atoms with E-state index in [4.69, 9.17) is 16.0 Å². The summed E-state index contributed by atoms with van der Waals surface area (Å²) in [5, 5.41) is 0.564. The van der Waals surface area contributed by atoms with Gasteiger partial charge in [-0.25, -0.2) is 0 Å². The summed E-state index contributed by atoms with van der Waals surface area (Å²) < 4.78 is 5.06. The number of hydrogen-bond donors (Lipinski definition) is 2. The van der Waals surface area contributed by atoms with Crippen LogP contribution in [0, 0.1) is 6.92 Å². The highest BCUT2D eigenvalue weighted by Crippen LogP contribution is 2.20. The predicted molar refractivity (Wildman–Crippen MR) is 74.5 cm³/mol. The summed E-state index contributed by atoms with van der Waals surface area (Å²) in [6.45, 7) is 5.55. The number of carbonyl (C=O) groups excluding carboxylic acids is 1. The van der Waals surface area contributed by atoms with E-state index in [1.165, 1.54) is 6.26 Å². The Hall–Kier alpha value is -2.20. The molecule has 2 aromatic rings. The van der Waals surface area contributed by atoms with Crippen molar-refractivity contribution in [3.63, 3.8) is 0 Å². The molecule has 0 aliphatic heterocycles. The molecule has 0 aliphatic rings. The number of halogens is 1. The van der Waals surface area contributed by atoms with Crippen LogP contribution in [0.4, 0.5) is 0 Å². The quantitative estimate of drug-likeness (QED) is 0.844. The fourth-order valence-electron chi connectivity index (χ4n) is 1.59. The van der Waals surface area contributed by atoms with Gasteiger partial charge in [-0.15, -0.1) is 0 Å². The Morgan fingerprint density at radius 1 is 1.21 bits per heavy atom. The van der Waals surface area contributed by atoms with E-state index in [0.29, 0.717) is 22.0 Å². The van der Waals surface area contributed by atoms with Gasteiger partial charge in [0.15, 0.2) is 0 Å². The van der Waals surface area contributed by atoms with Crippen molar-refractivity contribution in [2.24, 2.45) is 0 Å². The van der Waals surface area contributed by atoms with Crippen LogP contribution in [0.2, 0.25) is 5.02 Å². The van der Waals surface area contributed by atoms with Crippen LogP contribution in [0.25, 0.3) is 5.70 Å². The van der Waals surface area contributed by atoms with Crippen LogP contribution in [0.15, 0.2) is 47.6 Å². The van der Waals surface area contributed by atoms with E-state index < -0.39 is 0 Å². The van der Waals surface area contributed by atoms with Crippen molar-refractivity contribution >= 4 is 23.2 Å². The first-order chi connectivity index (χ1) is 9.09. The molecular weight excluding hydrogens is 264 g/mol. The van der Waals surface area contributed by atoms with Gasteiger partial charge in [-0.05, 0) is 19.1 Å². The highest BCUT2D eigenvalue weighted by atomic mass is 35.5. The van der Waals surface area contributed by atoms with Gasteiger partial charge in [-0.2, -0.15) is 0 Å². The average Bonchev–Trinajstić information content (AvgIpc) is 2.82. The Labute approximate surface area is 116 Å². The minimum absolute atomic E-state index is 0.292. The zero-order chi connectivity index (χ0) is 13.8. The number of rotatable bonds is 4. The van der Waals surface area contributed by atoms with Gasteiger partial charge in [0, 0.05) is 10.6 Å². The molecule has 2 rings (SSSR count). The first-order valence-electron chi connectivity index (χ1n) is 5.64. The lowest BCUT2D eigenvalue weighted by molar-refractivity contribution is 0.0941. The largest absolute Gasteiger partial charge is 0.469 e. The smallest absolute Gasteiger partial charge is 0.273 e. The monoisotopic (exact) mass is 276 g/mol. The van der Waals surface area contributed by atoms with Crippen LogP contribution in [0.1, 0.15) is 21.7 Å². The minimum Gasteiger partial charge on any atom is -0.469 e. The molecule has 1 amide bonds. The molecule has 5 heteroatoms. The minimum atomic E-state index is -0.292. The van der Waals surface area contributed by atoms with Crippen molar-refractivity contribution in [1.29, 1.82) is 0 Å². The molecule has 19 heavy (non-hydrogen) atoms. The summed E-state index contributed by atoms with van der Waals surface area (Å²) >= 11 is 6.03. The molecule has 0 saturated heterocycles.